The fraction of sp³-hybridized carbons (Fsp3) is 0.208. The number of hydrogen-bond donors (Lipinski definition) is 1. The van der Waals surface area contributed by atoms with Crippen LogP contribution in [0, 0.1) is 25.6 Å². The number of ketones is 2. The summed E-state index contributed by atoms with van der Waals surface area (Å²) in [7, 11) is 0. The van der Waals surface area contributed by atoms with Crippen LogP contribution in [0.25, 0.3) is 5.69 Å². The van der Waals surface area contributed by atoms with E-state index in [0.29, 0.717) is 22.0 Å². The summed E-state index contributed by atoms with van der Waals surface area (Å²) in [6, 6.07) is 14.2. The van der Waals surface area contributed by atoms with Crippen LogP contribution in [0.5, 0.6) is 0 Å². The second kappa shape index (κ2) is 9.27. The molecule has 1 heterocycles. The lowest BCUT2D eigenvalue weighted by molar-refractivity contribution is -0.129. The highest BCUT2D eigenvalue weighted by Crippen LogP contribution is 2.24. The van der Waals surface area contributed by atoms with Crippen molar-refractivity contribution in [1.29, 1.82) is 0 Å². The van der Waals surface area contributed by atoms with Crippen LogP contribution in [0.1, 0.15) is 35.1 Å². The molecule has 0 unspecified atom stereocenters. The lowest BCUT2D eigenvalue weighted by Gasteiger charge is -2.14. The van der Waals surface area contributed by atoms with E-state index in [1.807, 2.05) is 11.5 Å². The topological polar surface area (TPSA) is 68.2 Å². The number of halogens is 2. The first-order chi connectivity index (χ1) is 14.7. The van der Waals surface area contributed by atoms with Crippen LogP contribution >= 0.6 is 11.6 Å². The molecule has 0 saturated carbocycles. The third-order valence-electron chi connectivity index (χ3n) is 5.12. The van der Waals surface area contributed by atoms with Crippen LogP contribution in [0.15, 0.2) is 54.6 Å². The van der Waals surface area contributed by atoms with E-state index in [1.54, 1.807) is 49.4 Å². The van der Waals surface area contributed by atoms with Gasteiger partial charge in [0.1, 0.15) is 17.5 Å². The first-order valence-corrected chi connectivity index (χ1v) is 10.1. The minimum Gasteiger partial charge on any atom is -0.325 e. The van der Waals surface area contributed by atoms with E-state index in [-0.39, 0.29) is 18.0 Å². The number of aromatic nitrogens is 1. The van der Waals surface area contributed by atoms with E-state index in [4.69, 9.17) is 11.6 Å². The monoisotopic (exact) mass is 440 g/mol. The minimum absolute atomic E-state index is 0.248. The second-order valence-electron chi connectivity index (χ2n) is 7.38. The molecule has 0 radical (unpaired) electrons. The van der Waals surface area contributed by atoms with Crippen LogP contribution in [0.4, 0.5) is 10.1 Å². The summed E-state index contributed by atoms with van der Waals surface area (Å²) < 4.78 is 15.1. The van der Waals surface area contributed by atoms with Gasteiger partial charge in [0.15, 0.2) is 5.78 Å². The van der Waals surface area contributed by atoms with Gasteiger partial charge in [0.25, 0.3) is 0 Å². The molecule has 160 valence electrons. The summed E-state index contributed by atoms with van der Waals surface area (Å²) >= 11 is 5.85. The van der Waals surface area contributed by atoms with Crippen molar-refractivity contribution in [3.8, 4) is 5.69 Å². The largest absolute Gasteiger partial charge is 0.325 e. The third-order valence-corrected chi connectivity index (χ3v) is 5.38. The SMILES string of the molecule is CC(=O)[C@H](CC(=O)c1cc(C)n(-c2ccc(F)cc2)c1C)C(=O)Nc1ccc(Cl)cc1. The number of carbonyl (C=O) groups is 3. The molecule has 1 aromatic heterocycles. The van der Waals surface area contributed by atoms with E-state index in [2.05, 4.69) is 5.32 Å². The number of Topliss-reactive ketones (excluding diaryl/α,β-unsaturated/α-hetero) is 2. The Hall–Kier alpha value is -3.25. The number of hydrogen-bond acceptors (Lipinski definition) is 3. The Kier molecular flexibility index (Phi) is 6.71. The summed E-state index contributed by atoms with van der Waals surface area (Å²) in [5.74, 6) is -2.72. The Labute approximate surface area is 184 Å². The Bertz CT molecular complexity index is 1130. The van der Waals surface area contributed by atoms with Crippen LogP contribution in [0.2, 0.25) is 5.02 Å². The first-order valence-electron chi connectivity index (χ1n) is 9.72. The number of aryl methyl sites for hydroxylation is 1. The molecule has 0 spiro atoms. The lowest BCUT2D eigenvalue weighted by Crippen LogP contribution is -2.30. The Morgan fingerprint density at radius 3 is 2.23 bits per heavy atom. The summed E-state index contributed by atoms with van der Waals surface area (Å²) in [6.45, 7) is 4.91. The molecule has 0 bridgehead atoms. The molecule has 3 rings (SSSR count). The van der Waals surface area contributed by atoms with Gasteiger partial charge in [-0.3, -0.25) is 14.4 Å². The highest BCUT2D eigenvalue weighted by molar-refractivity contribution is 6.30. The zero-order valence-corrected chi connectivity index (χ0v) is 18.2. The first kappa shape index (κ1) is 22.4. The van der Waals surface area contributed by atoms with Gasteiger partial charge in [-0.25, -0.2) is 4.39 Å². The molecule has 31 heavy (non-hydrogen) atoms. The standard InChI is InChI=1S/C24H22ClFN2O3/c1-14-12-21(15(2)28(14)20-10-6-18(26)7-11-20)23(30)13-22(16(3)29)24(31)27-19-8-4-17(25)5-9-19/h4-12,22H,13H2,1-3H3,(H,27,31)/t22-/m0/s1. The van der Waals surface area contributed by atoms with Crippen molar-refractivity contribution < 1.29 is 18.8 Å². The molecule has 7 heteroatoms. The quantitative estimate of drug-likeness (QED) is 0.400. The maximum Gasteiger partial charge on any atom is 0.235 e. The number of carbonyl (C=O) groups excluding carboxylic acids is 3. The summed E-state index contributed by atoms with van der Waals surface area (Å²) in [5, 5.41) is 3.18. The van der Waals surface area contributed by atoms with Gasteiger partial charge in [-0.2, -0.15) is 0 Å². The Morgan fingerprint density at radius 1 is 1.03 bits per heavy atom. The number of nitrogens with one attached hydrogen (secondary N) is 1. The molecule has 1 amide bonds. The zero-order chi connectivity index (χ0) is 22.7. The number of benzene rings is 2. The van der Waals surface area contributed by atoms with Gasteiger partial charge in [0, 0.05) is 39.8 Å². The number of amides is 1. The van der Waals surface area contributed by atoms with E-state index in [1.165, 1.54) is 19.1 Å². The van der Waals surface area contributed by atoms with Crippen molar-refractivity contribution >= 4 is 34.8 Å². The predicted molar refractivity (Wildman–Crippen MR) is 118 cm³/mol. The second-order valence-corrected chi connectivity index (χ2v) is 7.82. The molecule has 0 fully saturated rings. The maximum atomic E-state index is 13.3. The van der Waals surface area contributed by atoms with Crippen molar-refractivity contribution in [2.45, 2.75) is 27.2 Å². The smallest absolute Gasteiger partial charge is 0.235 e. The zero-order valence-electron chi connectivity index (χ0n) is 17.4. The van der Waals surface area contributed by atoms with Crippen molar-refractivity contribution in [2.75, 3.05) is 5.32 Å². The minimum atomic E-state index is -1.11. The summed E-state index contributed by atoms with van der Waals surface area (Å²) in [4.78, 5) is 37.8. The van der Waals surface area contributed by atoms with Crippen LogP contribution < -0.4 is 5.32 Å². The molecule has 3 aromatic rings. The van der Waals surface area contributed by atoms with Crippen molar-refractivity contribution in [1.82, 2.24) is 4.57 Å². The molecule has 0 aliphatic rings. The Morgan fingerprint density at radius 2 is 1.65 bits per heavy atom. The predicted octanol–water partition coefficient (Wildman–Crippen LogP) is 5.30. The molecular formula is C24H22ClFN2O3. The molecule has 5 nitrogen and oxygen atoms in total. The fourth-order valence-electron chi connectivity index (χ4n) is 3.51. The molecule has 1 atom stereocenters. The third kappa shape index (κ3) is 5.09. The van der Waals surface area contributed by atoms with Gasteiger partial charge in [0.2, 0.25) is 5.91 Å². The number of nitrogens with zero attached hydrogens (tertiary/aromatic N) is 1. The molecular weight excluding hydrogens is 419 g/mol. The van der Waals surface area contributed by atoms with E-state index >= 15 is 0 Å². The average Bonchev–Trinajstić information content (AvgIpc) is 3.02. The average molecular weight is 441 g/mol. The van der Waals surface area contributed by atoms with Crippen molar-refractivity contribution in [2.24, 2.45) is 5.92 Å². The van der Waals surface area contributed by atoms with Crippen LogP contribution in [0.3, 0.4) is 0 Å². The normalized spacial score (nSPS) is 11.8. The molecule has 0 aliphatic heterocycles. The molecule has 0 aliphatic carbocycles. The maximum absolute atomic E-state index is 13.3. The van der Waals surface area contributed by atoms with E-state index in [0.717, 1.165) is 11.4 Å². The van der Waals surface area contributed by atoms with Gasteiger partial charge in [-0.1, -0.05) is 11.6 Å². The van der Waals surface area contributed by atoms with Gasteiger partial charge >= 0.3 is 0 Å². The highest BCUT2D eigenvalue weighted by atomic mass is 35.5. The number of rotatable bonds is 7. The molecule has 0 saturated heterocycles. The Balaban J connectivity index is 1.82. The molecule has 1 N–H and O–H groups in total. The van der Waals surface area contributed by atoms with E-state index < -0.39 is 17.6 Å². The molecule has 2 aromatic carbocycles. The summed E-state index contributed by atoms with van der Waals surface area (Å²) in [5.41, 5.74) is 3.08. The fourth-order valence-corrected chi connectivity index (χ4v) is 3.64. The van der Waals surface area contributed by atoms with Crippen molar-refractivity contribution in [3.05, 3.63) is 82.4 Å². The highest BCUT2D eigenvalue weighted by Gasteiger charge is 2.28. The van der Waals surface area contributed by atoms with Crippen molar-refractivity contribution in [3.63, 3.8) is 0 Å². The lowest BCUT2D eigenvalue weighted by atomic mass is 9.94. The van der Waals surface area contributed by atoms with Crippen LogP contribution in [-0.2, 0) is 9.59 Å². The van der Waals surface area contributed by atoms with E-state index in [9.17, 15) is 18.8 Å². The van der Waals surface area contributed by atoms with Gasteiger partial charge in [0.05, 0.1) is 0 Å². The number of anilines is 1. The van der Waals surface area contributed by atoms with Gasteiger partial charge in [-0.15, -0.1) is 0 Å². The summed E-state index contributed by atoms with van der Waals surface area (Å²) in [6.07, 6.45) is -0.248. The van der Waals surface area contributed by atoms with Crippen LogP contribution in [-0.4, -0.2) is 22.0 Å². The van der Waals surface area contributed by atoms with Gasteiger partial charge < -0.3 is 9.88 Å². The van der Waals surface area contributed by atoms with Gasteiger partial charge in [-0.05, 0) is 75.4 Å².